The van der Waals surface area contributed by atoms with Crippen molar-refractivity contribution < 1.29 is 14.5 Å². The van der Waals surface area contributed by atoms with Gasteiger partial charge in [-0.3, -0.25) is 14.9 Å². The van der Waals surface area contributed by atoms with Crippen LogP contribution in [-0.2, 0) is 4.79 Å². The van der Waals surface area contributed by atoms with Crippen LogP contribution >= 0.6 is 11.3 Å². The molecular weight excluding hydrogens is 352 g/mol. The smallest absolute Gasteiger partial charge is 0.269 e. The third kappa shape index (κ3) is 4.46. The van der Waals surface area contributed by atoms with Gasteiger partial charge in [0, 0.05) is 17.0 Å². The number of ether oxygens (including phenoxy) is 1. The molecule has 0 saturated carbocycles. The van der Waals surface area contributed by atoms with Crippen LogP contribution < -0.4 is 10.1 Å². The molecule has 0 radical (unpaired) electrons. The van der Waals surface area contributed by atoms with Crippen LogP contribution in [0.1, 0.15) is 16.5 Å². The van der Waals surface area contributed by atoms with Crippen LogP contribution in [0.4, 0.5) is 5.69 Å². The van der Waals surface area contributed by atoms with Crippen molar-refractivity contribution in [2.45, 2.75) is 6.04 Å². The standard InChI is InChI=1S/C19H16N2O4S/c22-18(13-25-16-10-8-15(9-11-16)21(23)24)20-19(17-7-4-12-26-17)14-5-2-1-3-6-14/h1-12,19H,13H2,(H,20,22)/t19-/m1/s1. The van der Waals surface area contributed by atoms with E-state index >= 15 is 0 Å². The van der Waals surface area contributed by atoms with Gasteiger partial charge in [0.25, 0.3) is 11.6 Å². The molecule has 1 N–H and O–H groups in total. The van der Waals surface area contributed by atoms with Gasteiger partial charge in [0.2, 0.25) is 0 Å². The number of amides is 1. The summed E-state index contributed by atoms with van der Waals surface area (Å²) in [6, 6.07) is 19.0. The third-order valence-corrected chi connectivity index (χ3v) is 4.62. The summed E-state index contributed by atoms with van der Waals surface area (Å²) in [6.45, 7) is -0.174. The van der Waals surface area contributed by atoms with Gasteiger partial charge in [0.1, 0.15) is 5.75 Å². The van der Waals surface area contributed by atoms with Gasteiger partial charge < -0.3 is 10.1 Å². The number of carbonyl (C=O) groups is 1. The number of nitro benzene ring substituents is 1. The second kappa shape index (κ2) is 8.26. The summed E-state index contributed by atoms with van der Waals surface area (Å²) in [5, 5.41) is 15.6. The summed E-state index contributed by atoms with van der Waals surface area (Å²) >= 11 is 1.57. The Morgan fingerprint density at radius 3 is 2.42 bits per heavy atom. The molecular formula is C19H16N2O4S. The van der Waals surface area contributed by atoms with Crippen molar-refractivity contribution in [1.82, 2.24) is 5.32 Å². The summed E-state index contributed by atoms with van der Waals surface area (Å²) in [6.07, 6.45) is 0. The Bertz CT molecular complexity index is 864. The number of hydrogen-bond donors (Lipinski definition) is 1. The molecule has 0 fully saturated rings. The minimum atomic E-state index is -0.484. The van der Waals surface area contributed by atoms with Gasteiger partial charge in [0.15, 0.2) is 6.61 Å². The summed E-state index contributed by atoms with van der Waals surface area (Å²) in [7, 11) is 0. The molecule has 1 heterocycles. The van der Waals surface area contributed by atoms with E-state index in [4.69, 9.17) is 4.74 Å². The summed E-state index contributed by atoms with van der Waals surface area (Å²) < 4.78 is 5.43. The fraction of sp³-hybridized carbons (Fsp3) is 0.105. The van der Waals surface area contributed by atoms with Gasteiger partial charge in [-0.15, -0.1) is 11.3 Å². The SMILES string of the molecule is O=C(COc1ccc([N+](=O)[O-])cc1)N[C@H](c1ccccc1)c1cccs1. The Balaban J connectivity index is 1.64. The van der Waals surface area contributed by atoms with Crippen LogP contribution in [0, 0.1) is 10.1 Å². The number of nitrogens with zero attached hydrogens (tertiary/aromatic N) is 1. The Morgan fingerprint density at radius 1 is 1.08 bits per heavy atom. The Kier molecular flexibility index (Phi) is 5.60. The van der Waals surface area contributed by atoms with E-state index in [0.717, 1.165) is 10.4 Å². The van der Waals surface area contributed by atoms with Crippen molar-refractivity contribution in [3.05, 3.63) is 92.7 Å². The van der Waals surface area contributed by atoms with Gasteiger partial charge in [-0.05, 0) is 29.1 Å². The van der Waals surface area contributed by atoms with Crippen LogP contribution in [0.5, 0.6) is 5.75 Å². The van der Waals surface area contributed by atoms with E-state index in [9.17, 15) is 14.9 Å². The van der Waals surface area contributed by atoms with Crippen molar-refractivity contribution in [3.8, 4) is 5.75 Å². The van der Waals surface area contributed by atoms with E-state index in [2.05, 4.69) is 5.32 Å². The molecule has 2 aromatic carbocycles. The van der Waals surface area contributed by atoms with Gasteiger partial charge in [-0.25, -0.2) is 0 Å². The van der Waals surface area contributed by atoms with Gasteiger partial charge in [0.05, 0.1) is 11.0 Å². The molecule has 132 valence electrons. The lowest BCUT2D eigenvalue weighted by molar-refractivity contribution is -0.384. The Labute approximate surface area is 154 Å². The van der Waals surface area contributed by atoms with Gasteiger partial charge in [-0.2, -0.15) is 0 Å². The molecule has 0 unspecified atom stereocenters. The largest absolute Gasteiger partial charge is 0.484 e. The van der Waals surface area contributed by atoms with Gasteiger partial charge >= 0.3 is 0 Å². The number of thiophene rings is 1. The summed E-state index contributed by atoms with van der Waals surface area (Å²) in [4.78, 5) is 23.5. The average Bonchev–Trinajstić information content (AvgIpc) is 3.20. The first-order valence-electron chi connectivity index (χ1n) is 7.88. The quantitative estimate of drug-likeness (QED) is 0.506. The van der Waals surface area contributed by atoms with Crippen molar-refractivity contribution >= 4 is 22.9 Å². The van der Waals surface area contributed by atoms with Crippen molar-refractivity contribution in [2.75, 3.05) is 6.61 Å². The first-order chi connectivity index (χ1) is 12.6. The Hall–Kier alpha value is -3.19. The first kappa shape index (κ1) is 17.6. The predicted octanol–water partition coefficient (Wildman–Crippen LogP) is 3.94. The molecule has 0 bridgehead atoms. The molecule has 1 atom stereocenters. The van der Waals surface area contributed by atoms with E-state index in [1.165, 1.54) is 24.3 Å². The summed E-state index contributed by atoms with van der Waals surface area (Å²) in [5.74, 6) is 0.128. The zero-order valence-electron chi connectivity index (χ0n) is 13.7. The fourth-order valence-electron chi connectivity index (χ4n) is 2.44. The lowest BCUT2D eigenvalue weighted by Gasteiger charge is -2.18. The van der Waals surface area contributed by atoms with Crippen molar-refractivity contribution in [1.29, 1.82) is 0 Å². The molecule has 1 aromatic heterocycles. The highest BCUT2D eigenvalue weighted by Crippen LogP contribution is 2.26. The normalized spacial score (nSPS) is 11.5. The molecule has 7 heteroatoms. The number of nitrogens with one attached hydrogen (secondary N) is 1. The number of nitro groups is 1. The highest BCUT2D eigenvalue weighted by Gasteiger charge is 2.18. The maximum absolute atomic E-state index is 12.3. The zero-order valence-corrected chi connectivity index (χ0v) is 14.5. The maximum Gasteiger partial charge on any atom is 0.269 e. The average molecular weight is 368 g/mol. The van der Waals surface area contributed by atoms with Crippen LogP contribution in [0.3, 0.4) is 0 Å². The molecule has 3 aromatic rings. The number of benzene rings is 2. The number of non-ortho nitro benzene ring substituents is 1. The molecule has 0 aliphatic rings. The third-order valence-electron chi connectivity index (χ3n) is 3.68. The number of hydrogen-bond acceptors (Lipinski definition) is 5. The molecule has 3 rings (SSSR count). The van der Waals surface area contributed by atoms with Crippen LogP contribution in [0.15, 0.2) is 72.1 Å². The highest BCUT2D eigenvalue weighted by atomic mass is 32.1. The van der Waals surface area contributed by atoms with E-state index < -0.39 is 4.92 Å². The fourth-order valence-corrected chi connectivity index (χ4v) is 3.24. The molecule has 0 aliphatic heterocycles. The highest BCUT2D eigenvalue weighted by molar-refractivity contribution is 7.10. The minimum absolute atomic E-state index is 0.0244. The molecule has 26 heavy (non-hydrogen) atoms. The second-order valence-corrected chi connectivity index (χ2v) is 6.45. The second-order valence-electron chi connectivity index (χ2n) is 5.47. The number of rotatable bonds is 7. The van der Waals surface area contributed by atoms with Crippen LogP contribution in [0.2, 0.25) is 0 Å². The molecule has 0 aliphatic carbocycles. The zero-order chi connectivity index (χ0) is 18.4. The van der Waals surface area contributed by atoms with Crippen molar-refractivity contribution in [2.24, 2.45) is 0 Å². The number of carbonyl (C=O) groups excluding carboxylic acids is 1. The molecule has 0 saturated heterocycles. The van der Waals surface area contributed by atoms with E-state index in [1.807, 2.05) is 47.8 Å². The van der Waals surface area contributed by atoms with Gasteiger partial charge in [-0.1, -0.05) is 36.4 Å². The van der Waals surface area contributed by atoms with Crippen LogP contribution in [0.25, 0.3) is 0 Å². The molecule has 1 amide bonds. The predicted molar refractivity (Wildman–Crippen MR) is 99.3 cm³/mol. The molecule has 0 spiro atoms. The molecule has 6 nitrogen and oxygen atoms in total. The monoisotopic (exact) mass is 368 g/mol. The van der Waals surface area contributed by atoms with E-state index in [0.29, 0.717) is 5.75 Å². The van der Waals surface area contributed by atoms with Crippen LogP contribution in [-0.4, -0.2) is 17.4 Å². The Morgan fingerprint density at radius 2 is 1.81 bits per heavy atom. The van der Waals surface area contributed by atoms with Crippen molar-refractivity contribution in [3.63, 3.8) is 0 Å². The maximum atomic E-state index is 12.3. The van der Waals surface area contributed by atoms with E-state index in [1.54, 1.807) is 11.3 Å². The minimum Gasteiger partial charge on any atom is -0.484 e. The lowest BCUT2D eigenvalue weighted by Crippen LogP contribution is -2.32. The lowest BCUT2D eigenvalue weighted by atomic mass is 10.1. The summed E-state index contributed by atoms with van der Waals surface area (Å²) in [5.41, 5.74) is 0.960. The van der Waals surface area contributed by atoms with E-state index in [-0.39, 0.29) is 24.2 Å². The topological polar surface area (TPSA) is 81.5 Å². The first-order valence-corrected chi connectivity index (χ1v) is 8.76.